The van der Waals surface area contributed by atoms with Gasteiger partial charge in [-0.2, -0.15) is 5.26 Å². The fourth-order valence-corrected chi connectivity index (χ4v) is 3.14. The van der Waals surface area contributed by atoms with E-state index >= 15 is 0 Å². The van der Waals surface area contributed by atoms with Gasteiger partial charge in [0.05, 0.1) is 25.5 Å². The van der Waals surface area contributed by atoms with Gasteiger partial charge in [-0.25, -0.2) is 9.59 Å². The molecule has 2 aliphatic heterocycles. The van der Waals surface area contributed by atoms with E-state index < -0.39 is 12.2 Å². The molecule has 0 N–H and O–H groups in total. The summed E-state index contributed by atoms with van der Waals surface area (Å²) in [5, 5.41) is 8.40. The lowest BCUT2D eigenvalue weighted by molar-refractivity contribution is -0.144. The molecule has 0 aromatic rings. The van der Waals surface area contributed by atoms with Gasteiger partial charge in [-0.1, -0.05) is 25.3 Å². The summed E-state index contributed by atoms with van der Waals surface area (Å²) in [5.41, 5.74) is 0. The fraction of sp³-hybridized carbons (Fsp3) is 0.571. The molecule has 2 amide bonds. The third kappa shape index (κ3) is 8.50. The van der Waals surface area contributed by atoms with E-state index in [1.165, 1.54) is 29.1 Å². The van der Waals surface area contributed by atoms with Gasteiger partial charge in [0.2, 0.25) is 0 Å². The number of methoxy groups -OCH3 is 1. The number of rotatable bonds is 7. The zero-order valence-electron chi connectivity index (χ0n) is 17.8. The van der Waals surface area contributed by atoms with Crippen molar-refractivity contribution in [2.45, 2.75) is 19.3 Å². The van der Waals surface area contributed by atoms with Crippen LogP contribution in [-0.2, 0) is 23.8 Å². The molecular weight excluding hydrogens is 406 g/mol. The predicted octanol–water partition coefficient (Wildman–Crippen LogP) is 1.92. The Bertz CT molecular complexity index is 716. The number of nitrogens with zero attached hydrogens (tertiary/aromatic N) is 3. The first-order valence-corrected chi connectivity index (χ1v) is 9.90. The molecule has 2 aliphatic rings. The molecule has 0 radical (unpaired) electrons. The van der Waals surface area contributed by atoms with Crippen LogP contribution in [0.4, 0.5) is 9.59 Å². The average Bonchev–Trinajstić information content (AvgIpc) is 3.46. The molecule has 31 heavy (non-hydrogen) atoms. The molecule has 10 nitrogen and oxygen atoms in total. The van der Waals surface area contributed by atoms with E-state index in [1.807, 2.05) is 6.07 Å². The van der Waals surface area contributed by atoms with Crippen LogP contribution in [-0.4, -0.2) is 80.2 Å². The SMILES string of the molecule is C=CCOC(=O)N1CCC(C(=O)CC#N)C1.C=CCOC(=O)N1CCC(C(=O)OC)C1. The second-order valence-corrected chi connectivity index (χ2v) is 6.92. The smallest absolute Gasteiger partial charge is 0.410 e. The van der Waals surface area contributed by atoms with Crippen LogP contribution >= 0.6 is 0 Å². The quantitative estimate of drug-likeness (QED) is 0.337. The van der Waals surface area contributed by atoms with Crippen LogP contribution in [0.5, 0.6) is 0 Å². The summed E-state index contributed by atoms with van der Waals surface area (Å²) >= 11 is 0. The fourth-order valence-electron chi connectivity index (χ4n) is 3.14. The highest BCUT2D eigenvalue weighted by atomic mass is 16.6. The molecule has 2 rings (SSSR count). The minimum absolute atomic E-state index is 0.0831. The van der Waals surface area contributed by atoms with Crippen molar-refractivity contribution in [3.63, 3.8) is 0 Å². The highest BCUT2D eigenvalue weighted by Gasteiger charge is 2.32. The number of hydrogen-bond donors (Lipinski definition) is 0. The molecule has 2 unspecified atom stereocenters. The molecule has 2 saturated heterocycles. The Labute approximate surface area is 182 Å². The number of nitriles is 1. The number of Topliss-reactive ketones (excluding diaryl/α,β-unsaturated/α-hetero) is 1. The van der Waals surface area contributed by atoms with Crippen molar-refractivity contribution >= 4 is 23.9 Å². The van der Waals surface area contributed by atoms with Crippen molar-refractivity contribution in [3.05, 3.63) is 25.3 Å². The summed E-state index contributed by atoms with van der Waals surface area (Å²) in [6.07, 6.45) is 3.34. The van der Waals surface area contributed by atoms with Crippen LogP contribution in [0.2, 0.25) is 0 Å². The third-order valence-corrected chi connectivity index (χ3v) is 4.79. The topological polar surface area (TPSA) is 126 Å². The molecule has 10 heteroatoms. The molecule has 0 spiro atoms. The first-order chi connectivity index (χ1) is 14.9. The summed E-state index contributed by atoms with van der Waals surface area (Å²) in [7, 11) is 1.35. The molecule has 0 aromatic heterocycles. The van der Waals surface area contributed by atoms with Gasteiger partial charge >= 0.3 is 18.2 Å². The standard InChI is InChI=1S/C11H14N2O3.C10H15NO4/c1-2-7-16-11(15)13-6-4-9(8-13)10(14)3-5-12;1-3-6-15-10(13)11-5-4-8(7-11)9(12)14-2/h2,9H,1,3-4,6-8H2;3,8H,1,4-7H2,2H3. The first kappa shape index (κ1) is 25.7. The second-order valence-electron chi connectivity index (χ2n) is 6.92. The number of carbonyl (C=O) groups excluding carboxylic acids is 4. The van der Waals surface area contributed by atoms with E-state index in [1.54, 1.807) is 0 Å². The lowest BCUT2D eigenvalue weighted by Crippen LogP contribution is -2.30. The zero-order valence-corrected chi connectivity index (χ0v) is 17.8. The van der Waals surface area contributed by atoms with Gasteiger partial charge in [0, 0.05) is 32.1 Å². The van der Waals surface area contributed by atoms with Crippen molar-refractivity contribution in [2.75, 3.05) is 46.5 Å². The Morgan fingerprint density at radius 2 is 1.45 bits per heavy atom. The summed E-state index contributed by atoms with van der Waals surface area (Å²) < 4.78 is 14.3. The van der Waals surface area contributed by atoms with Crippen LogP contribution in [0, 0.1) is 23.2 Å². The number of esters is 1. The van der Waals surface area contributed by atoms with Gasteiger partial charge in [0.1, 0.15) is 13.2 Å². The van der Waals surface area contributed by atoms with Crippen LogP contribution in [0.15, 0.2) is 25.3 Å². The number of ketones is 1. The Morgan fingerprint density at radius 3 is 1.90 bits per heavy atom. The Kier molecular flexibility index (Phi) is 11.4. The number of ether oxygens (including phenoxy) is 3. The van der Waals surface area contributed by atoms with Crippen molar-refractivity contribution in [1.29, 1.82) is 5.26 Å². The van der Waals surface area contributed by atoms with Crippen LogP contribution in [0.3, 0.4) is 0 Å². The lowest BCUT2D eigenvalue weighted by atomic mass is 10.0. The van der Waals surface area contributed by atoms with E-state index in [-0.39, 0.29) is 43.2 Å². The molecule has 0 bridgehead atoms. The zero-order chi connectivity index (χ0) is 23.2. The third-order valence-electron chi connectivity index (χ3n) is 4.79. The van der Waals surface area contributed by atoms with Crippen molar-refractivity contribution < 1.29 is 33.4 Å². The minimum atomic E-state index is -0.424. The molecule has 170 valence electrons. The van der Waals surface area contributed by atoms with E-state index in [2.05, 4.69) is 17.9 Å². The summed E-state index contributed by atoms with van der Waals surface area (Å²) in [6.45, 7) is 9.04. The van der Waals surface area contributed by atoms with Gasteiger partial charge in [-0.3, -0.25) is 9.59 Å². The molecule has 0 aliphatic carbocycles. The van der Waals surface area contributed by atoms with Crippen LogP contribution < -0.4 is 0 Å². The largest absolute Gasteiger partial charge is 0.469 e. The second kappa shape index (κ2) is 13.8. The average molecular weight is 435 g/mol. The molecule has 2 fully saturated rings. The van der Waals surface area contributed by atoms with Gasteiger partial charge in [0.15, 0.2) is 5.78 Å². The molecular formula is C21H29N3O7. The summed E-state index contributed by atoms with van der Waals surface area (Å²) in [4.78, 5) is 48.4. The monoisotopic (exact) mass is 435 g/mol. The maximum Gasteiger partial charge on any atom is 0.410 e. The van der Waals surface area contributed by atoms with Gasteiger partial charge in [-0.05, 0) is 12.8 Å². The van der Waals surface area contributed by atoms with Crippen LogP contribution in [0.1, 0.15) is 19.3 Å². The number of likely N-dealkylation sites (tertiary alicyclic amines) is 2. The highest BCUT2D eigenvalue weighted by Crippen LogP contribution is 2.19. The molecule has 0 aromatic carbocycles. The van der Waals surface area contributed by atoms with Gasteiger partial charge < -0.3 is 24.0 Å². The Morgan fingerprint density at radius 1 is 0.968 bits per heavy atom. The van der Waals surface area contributed by atoms with Crippen LogP contribution in [0.25, 0.3) is 0 Å². The molecule has 2 atom stereocenters. The minimum Gasteiger partial charge on any atom is -0.469 e. The van der Waals surface area contributed by atoms with E-state index in [9.17, 15) is 19.2 Å². The Balaban J connectivity index is 0.000000311. The summed E-state index contributed by atoms with van der Waals surface area (Å²) in [5.74, 6) is -0.794. The number of amides is 2. The normalized spacial score (nSPS) is 19.4. The highest BCUT2D eigenvalue weighted by molar-refractivity contribution is 5.84. The first-order valence-electron chi connectivity index (χ1n) is 9.90. The van der Waals surface area contributed by atoms with Crippen molar-refractivity contribution in [2.24, 2.45) is 11.8 Å². The van der Waals surface area contributed by atoms with Crippen molar-refractivity contribution in [1.82, 2.24) is 9.80 Å². The number of hydrogen-bond acceptors (Lipinski definition) is 8. The lowest BCUT2D eigenvalue weighted by Gasteiger charge is -2.14. The summed E-state index contributed by atoms with van der Waals surface area (Å²) in [6, 6.07) is 1.83. The maximum atomic E-state index is 11.4. The van der Waals surface area contributed by atoms with E-state index in [0.717, 1.165) is 0 Å². The van der Waals surface area contributed by atoms with Gasteiger partial charge in [-0.15, -0.1) is 0 Å². The molecule has 2 heterocycles. The van der Waals surface area contributed by atoms with Gasteiger partial charge in [0.25, 0.3) is 0 Å². The maximum absolute atomic E-state index is 11.4. The molecule has 0 saturated carbocycles. The predicted molar refractivity (Wildman–Crippen MR) is 110 cm³/mol. The van der Waals surface area contributed by atoms with Crippen molar-refractivity contribution in [3.8, 4) is 6.07 Å². The Hall–Kier alpha value is -3.35. The van der Waals surface area contributed by atoms with E-state index in [4.69, 9.17) is 14.7 Å². The van der Waals surface area contributed by atoms with E-state index in [0.29, 0.717) is 39.0 Å². The number of carbonyl (C=O) groups is 4.